The van der Waals surface area contributed by atoms with Crippen molar-refractivity contribution in [3.63, 3.8) is 0 Å². The summed E-state index contributed by atoms with van der Waals surface area (Å²) in [6.07, 6.45) is 4.90. The molecule has 0 aliphatic carbocycles. The highest BCUT2D eigenvalue weighted by molar-refractivity contribution is 5.59. The summed E-state index contributed by atoms with van der Waals surface area (Å²) in [6, 6.07) is 6.31. The first-order valence-corrected chi connectivity index (χ1v) is 7.06. The van der Waals surface area contributed by atoms with Gasteiger partial charge in [-0.2, -0.15) is 0 Å². The highest BCUT2D eigenvalue weighted by Crippen LogP contribution is 2.40. The third kappa shape index (κ3) is 3.13. The molecule has 3 nitrogen and oxygen atoms in total. The van der Waals surface area contributed by atoms with Crippen LogP contribution in [0.3, 0.4) is 0 Å². The molecule has 0 aromatic heterocycles. The largest absolute Gasteiger partial charge is 0.508 e. The molecule has 1 aromatic rings. The molecule has 0 atom stereocenters. The van der Waals surface area contributed by atoms with Crippen molar-refractivity contribution >= 4 is 5.69 Å². The Morgan fingerprint density at radius 2 is 2.10 bits per heavy atom. The molecular formula is C18H23NO2. The molecule has 0 saturated carbocycles. The number of rotatable bonds is 4. The van der Waals surface area contributed by atoms with Gasteiger partial charge in [0.15, 0.2) is 0 Å². The number of hydrogen-bond acceptors (Lipinski definition) is 3. The van der Waals surface area contributed by atoms with Crippen molar-refractivity contribution in [3.8, 4) is 5.75 Å². The van der Waals surface area contributed by atoms with Crippen molar-refractivity contribution in [2.24, 2.45) is 0 Å². The topological polar surface area (TPSA) is 32.7 Å². The molecular weight excluding hydrogens is 262 g/mol. The number of ether oxygens (including phenoxy) is 1. The first-order chi connectivity index (χ1) is 9.85. The van der Waals surface area contributed by atoms with Crippen LogP contribution in [0.1, 0.15) is 26.3 Å². The van der Waals surface area contributed by atoms with E-state index in [9.17, 15) is 5.11 Å². The monoisotopic (exact) mass is 285 g/mol. The molecule has 1 aromatic carbocycles. The highest BCUT2D eigenvalue weighted by Gasteiger charge is 2.31. The maximum atomic E-state index is 9.40. The molecule has 1 aliphatic rings. The van der Waals surface area contributed by atoms with Crippen molar-refractivity contribution in [1.82, 2.24) is 0 Å². The van der Waals surface area contributed by atoms with Crippen LogP contribution in [0.25, 0.3) is 0 Å². The van der Waals surface area contributed by atoms with E-state index in [2.05, 4.69) is 43.5 Å². The lowest BCUT2D eigenvalue weighted by molar-refractivity contribution is 0.291. The zero-order chi connectivity index (χ0) is 15.6. The second-order valence-electron chi connectivity index (χ2n) is 6.02. The Bertz CT molecular complexity index is 612. The van der Waals surface area contributed by atoms with Gasteiger partial charge in [0.05, 0.1) is 6.61 Å². The maximum Gasteiger partial charge on any atom is 0.125 e. The van der Waals surface area contributed by atoms with E-state index in [0.29, 0.717) is 0 Å². The average molecular weight is 285 g/mol. The molecule has 21 heavy (non-hydrogen) atoms. The Morgan fingerprint density at radius 1 is 1.38 bits per heavy atom. The molecule has 112 valence electrons. The Balaban J connectivity index is 2.25. The summed E-state index contributed by atoms with van der Waals surface area (Å²) < 4.78 is 5.79. The minimum atomic E-state index is 0.0792. The van der Waals surface area contributed by atoms with E-state index in [0.717, 1.165) is 23.7 Å². The summed E-state index contributed by atoms with van der Waals surface area (Å²) >= 11 is 0. The van der Waals surface area contributed by atoms with Crippen molar-refractivity contribution in [1.29, 1.82) is 0 Å². The first kappa shape index (κ1) is 15.2. The molecule has 3 heteroatoms. The molecule has 1 heterocycles. The molecule has 0 bridgehead atoms. The highest BCUT2D eigenvalue weighted by atomic mass is 16.5. The van der Waals surface area contributed by atoms with E-state index in [-0.39, 0.29) is 11.2 Å². The van der Waals surface area contributed by atoms with E-state index in [1.165, 1.54) is 11.6 Å². The Hall–Kier alpha value is -2.16. The van der Waals surface area contributed by atoms with Gasteiger partial charge in [0, 0.05) is 35.5 Å². The number of nitrogens with zero attached hydrogens (tertiary/aromatic N) is 1. The second kappa shape index (κ2) is 5.68. The Kier molecular flexibility index (Phi) is 4.12. The van der Waals surface area contributed by atoms with Crippen molar-refractivity contribution in [2.45, 2.75) is 26.2 Å². The van der Waals surface area contributed by atoms with Crippen LogP contribution in [0.2, 0.25) is 0 Å². The summed E-state index contributed by atoms with van der Waals surface area (Å²) in [5, 5.41) is 9.40. The SMILES string of the molecule is C=C/C(O)=C\C=C(/C)N(C)c1ccc2c(c1)OCC2(C)C. The molecule has 2 rings (SSSR count). The fourth-order valence-electron chi connectivity index (χ4n) is 2.32. The van der Waals surface area contributed by atoms with Crippen LogP contribution < -0.4 is 9.64 Å². The van der Waals surface area contributed by atoms with Gasteiger partial charge in [-0.1, -0.05) is 26.5 Å². The summed E-state index contributed by atoms with van der Waals surface area (Å²) in [5.74, 6) is 1.11. The molecule has 1 aliphatic heterocycles. The first-order valence-electron chi connectivity index (χ1n) is 7.06. The van der Waals surface area contributed by atoms with Crippen LogP contribution in [-0.2, 0) is 5.41 Å². The van der Waals surface area contributed by atoms with Crippen LogP contribution in [0.15, 0.2) is 54.5 Å². The molecule has 0 spiro atoms. The normalized spacial score (nSPS) is 17.1. The van der Waals surface area contributed by atoms with E-state index in [4.69, 9.17) is 4.74 Å². The predicted octanol–water partition coefficient (Wildman–Crippen LogP) is 4.32. The van der Waals surface area contributed by atoms with E-state index < -0.39 is 0 Å². The van der Waals surface area contributed by atoms with Crippen LogP contribution >= 0.6 is 0 Å². The third-order valence-electron chi connectivity index (χ3n) is 3.90. The van der Waals surface area contributed by atoms with Gasteiger partial charge in [-0.3, -0.25) is 0 Å². The molecule has 1 N–H and O–H groups in total. The van der Waals surface area contributed by atoms with Gasteiger partial charge in [-0.05, 0) is 31.2 Å². The standard InChI is InChI=1S/C18H23NO2/c1-6-15(20)9-7-13(2)19(5)14-8-10-16-17(11-14)21-12-18(16,3)4/h6-11,20H,1,12H2,2-5H3/b13-7+,15-9+. The molecule has 0 unspecified atom stereocenters. The van der Waals surface area contributed by atoms with Crippen molar-refractivity contribution in [3.05, 3.63) is 60.0 Å². The average Bonchev–Trinajstić information content (AvgIpc) is 2.78. The number of allylic oxidation sites excluding steroid dienone is 4. The summed E-state index contributed by atoms with van der Waals surface area (Å²) in [4.78, 5) is 2.06. The Morgan fingerprint density at radius 3 is 2.76 bits per heavy atom. The number of anilines is 1. The molecule has 0 saturated heterocycles. The van der Waals surface area contributed by atoms with Gasteiger partial charge >= 0.3 is 0 Å². The summed E-state index contributed by atoms with van der Waals surface area (Å²) in [5.41, 5.74) is 3.41. The number of hydrogen-bond donors (Lipinski definition) is 1. The molecule has 0 amide bonds. The zero-order valence-corrected chi connectivity index (χ0v) is 13.2. The predicted molar refractivity (Wildman–Crippen MR) is 88.0 cm³/mol. The summed E-state index contributed by atoms with van der Waals surface area (Å²) in [7, 11) is 1.99. The van der Waals surface area contributed by atoms with Gasteiger partial charge in [0.2, 0.25) is 0 Å². The number of aliphatic hydroxyl groups is 1. The Labute approximate surface area is 126 Å². The van der Waals surface area contributed by atoms with Gasteiger partial charge in [0.1, 0.15) is 11.5 Å². The fourth-order valence-corrected chi connectivity index (χ4v) is 2.32. The van der Waals surface area contributed by atoms with Crippen molar-refractivity contribution in [2.75, 3.05) is 18.6 Å². The fraction of sp³-hybridized carbons (Fsp3) is 0.333. The molecule has 0 fully saturated rings. The van der Waals surface area contributed by atoms with Gasteiger partial charge in [-0.15, -0.1) is 0 Å². The third-order valence-corrected chi connectivity index (χ3v) is 3.90. The van der Waals surface area contributed by atoms with Crippen LogP contribution in [0, 0.1) is 0 Å². The van der Waals surface area contributed by atoms with Crippen molar-refractivity contribution < 1.29 is 9.84 Å². The van der Waals surface area contributed by atoms with Crippen LogP contribution in [0.4, 0.5) is 5.69 Å². The van der Waals surface area contributed by atoms with Gasteiger partial charge in [0.25, 0.3) is 0 Å². The quantitative estimate of drug-likeness (QED) is 0.660. The second-order valence-corrected chi connectivity index (χ2v) is 6.02. The smallest absolute Gasteiger partial charge is 0.125 e. The maximum absolute atomic E-state index is 9.40. The lowest BCUT2D eigenvalue weighted by Gasteiger charge is -2.21. The number of fused-ring (bicyclic) bond motifs is 1. The van der Waals surface area contributed by atoms with E-state index >= 15 is 0 Å². The lowest BCUT2D eigenvalue weighted by atomic mass is 9.87. The van der Waals surface area contributed by atoms with Gasteiger partial charge < -0.3 is 14.7 Å². The van der Waals surface area contributed by atoms with E-state index in [1.807, 2.05) is 20.0 Å². The molecule has 0 radical (unpaired) electrons. The zero-order valence-electron chi connectivity index (χ0n) is 13.2. The minimum Gasteiger partial charge on any atom is -0.508 e. The van der Waals surface area contributed by atoms with Crippen LogP contribution in [-0.4, -0.2) is 18.8 Å². The van der Waals surface area contributed by atoms with Crippen LogP contribution in [0.5, 0.6) is 5.75 Å². The minimum absolute atomic E-state index is 0.0792. The number of benzene rings is 1. The number of aliphatic hydroxyl groups excluding tert-OH is 1. The van der Waals surface area contributed by atoms with E-state index in [1.54, 1.807) is 6.08 Å². The summed E-state index contributed by atoms with van der Waals surface area (Å²) in [6.45, 7) is 10.6. The lowest BCUT2D eigenvalue weighted by Crippen LogP contribution is -2.18. The van der Waals surface area contributed by atoms with Gasteiger partial charge in [-0.25, -0.2) is 0 Å².